The smallest absolute Gasteiger partial charge is 0.172 e. The lowest BCUT2D eigenvalue weighted by atomic mass is 9.89. The summed E-state index contributed by atoms with van der Waals surface area (Å²) in [5.74, 6) is -0.318. The van der Waals surface area contributed by atoms with Crippen molar-refractivity contribution >= 4 is 5.71 Å². The highest BCUT2D eigenvalue weighted by Gasteiger charge is 2.37. The summed E-state index contributed by atoms with van der Waals surface area (Å²) in [5, 5.41) is 0. The lowest BCUT2D eigenvalue weighted by Gasteiger charge is -2.31. The van der Waals surface area contributed by atoms with E-state index in [9.17, 15) is 0 Å². The lowest BCUT2D eigenvalue weighted by molar-refractivity contribution is -0.161. The molecular formula is C15H19NO2. The molecule has 1 spiro atoms. The summed E-state index contributed by atoms with van der Waals surface area (Å²) in [5.41, 5.74) is 2.60. The van der Waals surface area contributed by atoms with Crippen molar-refractivity contribution in [3.05, 3.63) is 36.1 Å². The van der Waals surface area contributed by atoms with Gasteiger partial charge in [0.25, 0.3) is 0 Å². The van der Waals surface area contributed by atoms with Crippen LogP contribution in [0, 0.1) is 0 Å². The largest absolute Gasteiger partial charge is 0.347 e. The molecule has 3 aliphatic rings. The Labute approximate surface area is 108 Å². The maximum absolute atomic E-state index is 5.73. The average molecular weight is 245 g/mol. The topological polar surface area (TPSA) is 30.8 Å². The quantitative estimate of drug-likeness (QED) is 0.710. The van der Waals surface area contributed by atoms with Crippen molar-refractivity contribution in [3.63, 3.8) is 0 Å². The molecule has 3 nitrogen and oxygen atoms in total. The summed E-state index contributed by atoms with van der Waals surface area (Å²) in [6.07, 6.45) is 15.3. The van der Waals surface area contributed by atoms with Crippen LogP contribution in [0.5, 0.6) is 0 Å². The SMILES string of the molecule is C1=CCCC(C2=CCC3(CC2)OCCO3)=NC=C1. The number of allylic oxidation sites excluding steroid dienone is 4. The zero-order valence-electron chi connectivity index (χ0n) is 10.6. The Balaban J connectivity index is 1.72. The van der Waals surface area contributed by atoms with Gasteiger partial charge in [-0.15, -0.1) is 0 Å². The highest BCUT2D eigenvalue weighted by Crippen LogP contribution is 2.35. The van der Waals surface area contributed by atoms with Crippen molar-refractivity contribution in [3.8, 4) is 0 Å². The van der Waals surface area contributed by atoms with Crippen LogP contribution < -0.4 is 0 Å². The molecule has 0 amide bonds. The number of rotatable bonds is 1. The van der Waals surface area contributed by atoms with E-state index in [4.69, 9.17) is 9.47 Å². The number of hydrogen-bond donors (Lipinski definition) is 0. The van der Waals surface area contributed by atoms with E-state index in [-0.39, 0.29) is 5.79 Å². The van der Waals surface area contributed by atoms with Gasteiger partial charge in [0.2, 0.25) is 0 Å². The van der Waals surface area contributed by atoms with Crippen molar-refractivity contribution in [1.82, 2.24) is 0 Å². The Morgan fingerprint density at radius 1 is 1.11 bits per heavy atom. The van der Waals surface area contributed by atoms with Gasteiger partial charge >= 0.3 is 0 Å². The molecule has 0 bridgehead atoms. The van der Waals surface area contributed by atoms with Gasteiger partial charge in [-0.2, -0.15) is 0 Å². The average Bonchev–Trinajstić information content (AvgIpc) is 2.79. The van der Waals surface area contributed by atoms with E-state index in [2.05, 4.69) is 23.2 Å². The molecule has 0 aromatic heterocycles. The lowest BCUT2D eigenvalue weighted by Crippen LogP contribution is -2.32. The standard InChI is InChI=1S/C15H19NO2/c1-2-4-10-16-14(5-3-1)13-6-8-15(9-7-13)17-11-12-18-15/h1-2,4,6,10H,3,5,7-9,11-12H2. The van der Waals surface area contributed by atoms with Crippen LogP contribution in [0.3, 0.4) is 0 Å². The van der Waals surface area contributed by atoms with E-state index in [1.54, 1.807) is 0 Å². The van der Waals surface area contributed by atoms with Crippen molar-refractivity contribution in [1.29, 1.82) is 0 Å². The van der Waals surface area contributed by atoms with E-state index in [1.807, 2.05) is 12.3 Å². The zero-order chi connectivity index (χ0) is 12.3. The molecular weight excluding hydrogens is 226 g/mol. The minimum absolute atomic E-state index is 0.318. The highest BCUT2D eigenvalue weighted by atomic mass is 16.7. The first-order valence-corrected chi connectivity index (χ1v) is 6.74. The second-order valence-electron chi connectivity index (χ2n) is 4.93. The van der Waals surface area contributed by atoms with Crippen LogP contribution >= 0.6 is 0 Å². The highest BCUT2D eigenvalue weighted by molar-refractivity contribution is 6.00. The minimum atomic E-state index is -0.318. The van der Waals surface area contributed by atoms with Crippen molar-refractivity contribution in [2.24, 2.45) is 4.99 Å². The molecule has 18 heavy (non-hydrogen) atoms. The van der Waals surface area contributed by atoms with Gasteiger partial charge in [-0.25, -0.2) is 0 Å². The normalized spacial score (nSPS) is 26.7. The number of aliphatic imine (C=N–C) groups is 1. The van der Waals surface area contributed by atoms with Gasteiger partial charge in [0.15, 0.2) is 5.79 Å². The van der Waals surface area contributed by atoms with Crippen LogP contribution in [0.4, 0.5) is 0 Å². The van der Waals surface area contributed by atoms with Gasteiger partial charge in [0, 0.05) is 24.8 Å². The van der Waals surface area contributed by atoms with Crippen LogP contribution in [0.15, 0.2) is 41.1 Å². The van der Waals surface area contributed by atoms with E-state index in [0.717, 1.165) is 45.3 Å². The first kappa shape index (κ1) is 11.9. The Hall–Kier alpha value is -1.19. The third-order valence-electron chi connectivity index (χ3n) is 3.73. The van der Waals surface area contributed by atoms with Crippen molar-refractivity contribution in [2.45, 2.75) is 37.9 Å². The summed E-state index contributed by atoms with van der Waals surface area (Å²) in [7, 11) is 0. The fourth-order valence-electron chi connectivity index (χ4n) is 2.71. The van der Waals surface area contributed by atoms with Crippen LogP contribution in [-0.2, 0) is 9.47 Å². The molecule has 0 aromatic carbocycles. The number of nitrogens with zero attached hydrogens (tertiary/aromatic N) is 1. The molecule has 3 heteroatoms. The number of ether oxygens (including phenoxy) is 2. The summed E-state index contributed by atoms with van der Waals surface area (Å²) in [4.78, 5) is 4.56. The molecule has 0 atom stereocenters. The zero-order valence-corrected chi connectivity index (χ0v) is 10.6. The molecule has 1 fully saturated rings. The van der Waals surface area contributed by atoms with Gasteiger partial charge in [-0.3, -0.25) is 4.99 Å². The van der Waals surface area contributed by atoms with Gasteiger partial charge in [0.1, 0.15) is 0 Å². The monoisotopic (exact) mass is 245 g/mol. The van der Waals surface area contributed by atoms with Crippen molar-refractivity contribution < 1.29 is 9.47 Å². The van der Waals surface area contributed by atoms with E-state index in [1.165, 1.54) is 11.3 Å². The Morgan fingerprint density at radius 3 is 2.78 bits per heavy atom. The Kier molecular flexibility index (Phi) is 3.43. The fraction of sp³-hybridized carbons (Fsp3) is 0.533. The molecule has 0 radical (unpaired) electrons. The molecule has 0 unspecified atom stereocenters. The molecule has 0 aromatic rings. The van der Waals surface area contributed by atoms with E-state index < -0.39 is 0 Å². The summed E-state index contributed by atoms with van der Waals surface area (Å²) in [6.45, 7) is 1.47. The summed E-state index contributed by atoms with van der Waals surface area (Å²) in [6, 6.07) is 0. The van der Waals surface area contributed by atoms with Gasteiger partial charge < -0.3 is 9.47 Å². The van der Waals surface area contributed by atoms with Crippen LogP contribution in [0.1, 0.15) is 32.1 Å². The van der Waals surface area contributed by atoms with Crippen LogP contribution in [0.25, 0.3) is 0 Å². The molecule has 96 valence electrons. The van der Waals surface area contributed by atoms with E-state index in [0.29, 0.717) is 0 Å². The molecule has 1 aliphatic carbocycles. The predicted octanol–water partition coefficient (Wildman–Crippen LogP) is 3.14. The van der Waals surface area contributed by atoms with Gasteiger partial charge in [-0.05, 0) is 30.9 Å². The molecule has 1 saturated heterocycles. The predicted molar refractivity (Wildman–Crippen MR) is 71.5 cm³/mol. The Morgan fingerprint density at radius 2 is 2.00 bits per heavy atom. The summed E-state index contributed by atoms with van der Waals surface area (Å²) >= 11 is 0. The summed E-state index contributed by atoms with van der Waals surface area (Å²) < 4.78 is 11.5. The van der Waals surface area contributed by atoms with Gasteiger partial charge in [0.05, 0.1) is 13.2 Å². The molecule has 0 N–H and O–H groups in total. The Bertz CT molecular complexity index is 426. The van der Waals surface area contributed by atoms with Crippen LogP contribution in [-0.4, -0.2) is 24.7 Å². The maximum Gasteiger partial charge on any atom is 0.172 e. The van der Waals surface area contributed by atoms with Crippen LogP contribution in [0.2, 0.25) is 0 Å². The van der Waals surface area contributed by atoms with Crippen molar-refractivity contribution in [2.75, 3.05) is 13.2 Å². The first-order valence-electron chi connectivity index (χ1n) is 6.74. The second-order valence-corrected chi connectivity index (χ2v) is 4.93. The molecule has 2 aliphatic heterocycles. The fourth-order valence-corrected chi connectivity index (χ4v) is 2.71. The third kappa shape index (κ3) is 2.47. The molecule has 3 rings (SSSR count). The molecule has 0 saturated carbocycles. The third-order valence-corrected chi connectivity index (χ3v) is 3.73. The molecule has 2 heterocycles. The maximum atomic E-state index is 5.73. The number of hydrogen-bond acceptors (Lipinski definition) is 3. The van der Waals surface area contributed by atoms with Gasteiger partial charge in [-0.1, -0.05) is 18.2 Å². The second kappa shape index (κ2) is 5.21. The first-order chi connectivity index (χ1) is 8.88. The minimum Gasteiger partial charge on any atom is -0.347 e. The van der Waals surface area contributed by atoms with E-state index >= 15 is 0 Å².